The lowest BCUT2D eigenvalue weighted by Crippen LogP contribution is -2.47. The molecule has 88 valence electrons. The summed E-state index contributed by atoms with van der Waals surface area (Å²) >= 11 is 0. The fourth-order valence-corrected chi connectivity index (χ4v) is 2.74. The van der Waals surface area contributed by atoms with Crippen molar-refractivity contribution in [2.24, 2.45) is 5.92 Å². The van der Waals surface area contributed by atoms with Crippen molar-refractivity contribution in [2.45, 2.75) is 37.9 Å². The van der Waals surface area contributed by atoms with E-state index in [9.17, 15) is 13.2 Å². The Morgan fingerprint density at radius 2 is 1.87 bits per heavy atom. The number of hydrogen-bond acceptors (Lipinski definition) is 2. The fourth-order valence-electron chi connectivity index (χ4n) is 2.74. The van der Waals surface area contributed by atoms with E-state index in [1.165, 1.54) is 0 Å². The van der Waals surface area contributed by atoms with E-state index in [4.69, 9.17) is 0 Å². The summed E-state index contributed by atoms with van der Waals surface area (Å²) in [5.74, 6) is -1.11. The lowest BCUT2D eigenvalue weighted by atomic mass is 9.83. The maximum absolute atomic E-state index is 12.8. The zero-order valence-electron chi connectivity index (χ0n) is 8.69. The summed E-state index contributed by atoms with van der Waals surface area (Å²) in [4.78, 5) is 1.96. The predicted molar refractivity (Wildman–Crippen MR) is 51.4 cm³/mol. The summed E-state index contributed by atoms with van der Waals surface area (Å²) in [5, 5.41) is 3.10. The molecule has 1 saturated heterocycles. The Bertz CT molecular complexity index is 211. The fraction of sp³-hybridized carbons (Fsp3) is 1.00. The smallest absolute Gasteiger partial charge is 0.303 e. The number of rotatable bonds is 1. The molecule has 0 bridgehead atoms. The molecular formula is C10H17F3N2. The first kappa shape index (κ1) is 11.2. The lowest BCUT2D eigenvalue weighted by molar-refractivity contribution is -0.198. The Morgan fingerprint density at radius 1 is 1.13 bits per heavy atom. The van der Waals surface area contributed by atoms with Crippen molar-refractivity contribution in [1.82, 2.24) is 10.2 Å². The Balaban J connectivity index is 2.05. The molecule has 0 spiro atoms. The van der Waals surface area contributed by atoms with Crippen molar-refractivity contribution in [1.29, 1.82) is 0 Å². The molecule has 2 unspecified atom stereocenters. The standard InChI is InChI=1S/C10H17F3N2/c11-10(12,13)8-3-1-2-4-9(8)15-6-5-14-7-15/h8-9,14H,1-7H2. The maximum Gasteiger partial charge on any atom is 0.393 e. The predicted octanol–water partition coefficient (Wildman–Crippen LogP) is 1.97. The Morgan fingerprint density at radius 3 is 2.47 bits per heavy atom. The van der Waals surface area contributed by atoms with E-state index < -0.39 is 12.1 Å². The molecule has 1 aliphatic heterocycles. The van der Waals surface area contributed by atoms with Gasteiger partial charge in [-0.05, 0) is 12.8 Å². The largest absolute Gasteiger partial charge is 0.393 e. The van der Waals surface area contributed by atoms with Crippen LogP contribution in [-0.4, -0.2) is 36.9 Å². The monoisotopic (exact) mass is 222 g/mol. The number of nitrogens with zero attached hydrogens (tertiary/aromatic N) is 1. The van der Waals surface area contributed by atoms with E-state index in [0.29, 0.717) is 19.5 Å². The molecule has 2 atom stereocenters. The summed E-state index contributed by atoms with van der Waals surface area (Å²) in [7, 11) is 0. The highest BCUT2D eigenvalue weighted by Gasteiger charge is 2.47. The number of alkyl halides is 3. The van der Waals surface area contributed by atoms with Crippen LogP contribution in [0.4, 0.5) is 13.2 Å². The van der Waals surface area contributed by atoms with Crippen LogP contribution in [0.15, 0.2) is 0 Å². The molecule has 1 aliphatic carbocycles. The van der Waals surface area contributed by atoms with Crippen molar-refractivity contribution in [3.63, 3.8) is 0 Å². The first-order valence-corrected chi connectivity index (χ1v) is 5.60. The van der Waals surface area contributed by atoms with Gasteiger partial charge in [-0.25, -0.2) is 0 Å². The van der Waals surface area contributed by atoms with Crippen molar-refractivity contribution in [3.05, 3.63) is 0 Å². The Hall–Kier alpha value is -0.290. The lowest BCUT2D eigenvalue weighted by Gasteiger charge is -2.38. The quantitative estimate of drug-likeness (QED) is 0.729. The van der Waals surface area contributed by atoms with Gasteiger partial charge in [-0.1, -0.05) is 12.8 Å². The van der Waals surface area contributed by atoms with Crippen molar-refractivity contribution < 1.29 is 13.2 Å². The van der Waals surface area contributed by atoms with Gasteiger partial charge in [0.1, 0.15) is 0 Å². The molecule has 0 amide bonds. The van der Waals surface area contributed by atoms with Crippen LogP contribution in [0.3, 0.4) is 0 Å². The van der Waals surface area contributed by atoms with Crippen LogP contribution in [0.2, 0.25) is 0 Å². The second-order valence-electron chi connectivity index (χ2n) is 4.47. The highest BCUT2D eigenvalue weighted by Crippen LogP contribution is 2.40. The van der Waals surface area contributed by atoms with E-state index in [-0.39, 0.29) is 6.04 Å². The van der Waals surface area contributed by atoms with E-state index in [1.54, 1.807) is 0 Å². The zero-order valence-corrected chi connectivity index (χ0v) is 8.69. The molecule has 2 rings (SSSR count). The van der Waals surface area contributed by atoms with Crippen LogP contribution < -0.4 is 5.32 Å². The van der Waals surface area contributed by atoms with Crippen LogP contribution in [0.1, 0.15) is 25.7 Å². The van der Waals surface area contributed by atoms with Gasteiger partial charge < -0.3 is 5.32 Å². The normalized spacial score (nSPS) is 34.6. The third-order valence-electron chi connectivity index (χ3n) is 3.51. The van der Waals surface area contributed by atoms with Gasteiger partial charge in [0.15, 0.2) is 0 Å². The van der Waals surface area contributed by atoms with Gasteiger partial charge in [0.2, 0.25) is 0 Å². The molecule has 0 aromatic heterocycles. The summed E-state index contributed by atoms with van der Waals surface area (Å²) in [6, 6.07) is -0.284. The van der Waals surface area contributed by atoms with Crippen LogP contribution in [0, 0.1) is 5.92 Å². The van der Waals surface area contributed by atoms with Gasteiger partial charge in [0.05, 0.1) is 5.92 Å². The van der Waals surface area contributed by atoms with E-state index >= 15 is 0 Å². The highest BCUT2D eigenvalue weighted by atomic mass is 19.4. The molecule has 5 heteroatoms. The molecule has 0 aromatic carbocycles. The SMILES string of the molecule is FC(F)(F)C1CCCCC1N1CCNC1. The zero-order chi connectivity index (χ0) is 10.9. The van der Waals surface area contributed by atoms with Crippen LogP contribution in [-0.2, 0) is 0 Å². The van der Waals surface area contributed by atoms with Gasteiger partial charge in [0, 0.05) is 25.8 Å². The van der Waals surface area contributed by atoms with Gasteiger partial charge in [-0.15, -0.1) is 0 Å². The first-order valence-electron chi connectivity index (χ1n) is 5.60. The molecule has 1 saturated carbocycles. The molecule has 2 aliphatic rings. The van der Waals surface area contributed by atoms with Crippen LogP contribution >= 0.6 is 0 Å². The van der Waals surface area contributed by atoms with Crippen molar-refractivity contribution >= 4 is 0 Å². The minimum absolute atomic E-state index is 0.284. The average molecular weight is 222 g/mol. The summed E-state index contributed by atoms with van der Waals surface area (Å²) in [6.07, 6.45) is -1.35. The third-order valence-corrected chi connectivity index (χ3v) is 3.51. The minimum Gasteiger partial charge on any atom is -0.303 e. The molecule has 0 aromatic rings. The van der Waals surface area contributed by atoms with Crippen LogP contribution in [0.25, 0.3) is 0 Å². The molecule has 1 heterocycles. The van der Waals surface area contributed by atoms with E-state index in [1.807, 2.05) is 4.90 Å². The number of halogens is 3. The first-order chi connectivity index (χ1) is 7.09. The summed E-state index contributed by atoms with van der Waals surface area (Å²) in [6.45, 7) is 2.20. The molecule has 1 N–H and O–H groups in total. The summed E-state index contributed by atoms with van der Waals surface area (Å²) < 4.78 is 38.4. The van der Waals surface area contributed by atoms with Crippen molar-refractivity contribution in [2.75, 3.05) is 19.8 Å². The highest BCUT2D eigenvalue weighted by molar-refractivity contribution is 4.88. The molecule has 0 radical (unpaired) electrons. The third kappa shape index (κ3) is 2.45. The minimum atomic E-state index is -4.02. The topological polar surface area (TPSA) is 15.3 Å². The average Bonchev–Trinajstić information content (AvgIpc) is 2.69. The molecule has 15 heavy (non-hydrogen) atoms. The van der Waals surface area contributed by atoms with Crippen molar-refractivity contribution in [3.8, 4) is 0 Å². The number of hydrogen-bond donors (Lipinski definition) is 1. The Kier molecular flexibility index (Phi) is 3.21. The van der Waals surface area contributed by atoms with E-state index in [2.05, 4.69) is 5.32 Å². The van der Waals surface area contributed by atoms with Gasteiger partial charge in [-0.2, -0.15) is 13.2 Å². The maximum atomic E-state index is 12.8. The van der Waals surface area contributed by atoms with Crippen LogP contribution in [0.5, 0.6) is 0 Å². The molecule has 2 nitrogen and oxygen atoms in total. The summed E-state index contributed by atoms with van der Waals surface area (Å²) in [5.41, 5.74) is 0. The number of nitrogens with one attached hydrogen (secondary N) is 1. The Labute approximate surface area is 87.8 Å². The van der Waals surface area contributed by atoms with Gasteiger partial charge >= 0.3 is 6.18 Å². The second kappa shape index (κ2) is 4.29. The second-order valence-corrected chi connectivity index (χ2v) is 4.47. The van der Waals surface area contributed by atoms with Gasteiger partial charge in [-0.3, -0.25) is 4.90 Å². The molecular weight excluding hydrogens is 205 g/mol. The van der Waals surface area contributed by atoms with E-state index in [0.717, 1.165) is 25.9 Å². The van der Waals surface area contributed by atoms with Gasteiger partial charge in [0.25, 0.3) is 0 Å². The molecule has 2 fully saturated rings.